The molecule has 5 nitrogen and oxygen atoms in total. The summed E-state index contributed by atoms with van der Waals surface area (Å²) in [6.07, 6.45) is 0. The number of anilines is 1. The highest BCUT2D eigenvalue weighted by Gasteiger charge is 2.14. The number of methoxy groups -OCH3 is 1. The van der Waals surface area contributed by atoms with Crippen LogP contribution >= 0.6 is 11.3 Å². The lowest BCUT2D eigenvalue weighted by molar-refractivity contribution is 0.102. The molecule has 0 spiro atoms. The van der Waals surface area contributed by atoms with Gasteiger partial charge >= 0.3 is 0 Å². The summed E-state index contributed by atoms with van der Waals surface area (Å²) < 4.78 is 6.37. The summed E-state index contributed by atoms with van der Waals surface area (Å²) in [7, 11) is 1.72. The van der Waals surface area contributed by atoms with Gasteiger partial charge in [0.05, 0.1) is 22.3 Å². The first-order valence-corrected chi connectivity index (χ1v) is 11.6. The number of carbonyl (C=O) groups excluding carboxylic acids is 1. The fraction of sp³-hybridized carbons (Fsp3) is 0.231. The number of ether oxygens (including phenoxy) is 1. The van der Waals surface area contributed by atoms with Crippen molar-refractivity contribution in [3.05, 3.63) is 83.4 Å². The van der Waals surface area contributed by atoms with E-state index in [1.165, 1.54) is 0 Å². The van der Waals surface area contributed by atoms with Crippen molar-refractivity contribution in [3.63, 3.8) is 0 Å². The Labute approximate surface area is 192 Å². The molecule has 0 saturated carbocycles. The molecule has 4 rings (SSSR count). The number of nitrogens with one attached hydrogen (secondary N) is 1. The Hall–Kier alpha value is -3.06. The predicted molar refractivity (Wildman–Crippen MR) is 132 cm³/mol. The van der Waals surface area contributed by atoms with Crippen LogP contribution in [0.2, 0.25) is 0 Å². The van der Waals surface area contributed by atoms with Gasteiger partial charge in [0.25, 0.3) is 5.91 Å². The Bertz CT molecular complexity index is 1190. The second-order valence-corrected chi connectivity index (χ2v) is 8.47. The molecule has 1 amide bonds. The van der Waals surface area contributed by atoms with E-state index in [2.05, 4.69) is 34.3 Å². The Morgan fingerprint density at radius 3 is 2.72 bits per heavy atom. The summed E-state index contributed by atoms with van der Waals surface area (Å²) in [6, 6.07) is 22.1. The quantitative estimate of drug-likeness (QED) is 0.360. The van der Waals surface area contributed by atoms with E-state index in [9.17, 15) is 4.79 Å². The molecule has 0 aliphatic rings. The topological polar surface area (TPSA) is 54.5 Å². The molecule has 1 heterocycles. The van der Waals surface area contributed by atoms with Crippen LogP contribution in [0.4, 0.5) is 5.69 Å². The fourth-order valence-corrected chi connectivity index (χ4v) is 4.37. The molecule has 32 heavy (non-hydrogen) atoms. The third-order valence-electron chi connectivity index (χ3n) is 5.49. The van der Waals surface area contributed by atoms with Gasteiger partial charge in [-0.3, -0.25) is 9.69 Å². The molecule has 0 atom stereocenters. The predicted octanol–water partition coefficient (Wildman–Crippen LogP) is 5.68. The summed E-state index contributed by atoms with van der Waals surface area (Å²) in [5, 5.41) is 3.02. The Morgan fingerprint density at radius 1 is 1.09 bits per heavy atom. The van der Waals surface area contributed by atoms with Crippen LogP contribution in [0.5, 0.6) is 0 Å². The van der Waals surface area contributed by atoms with Crippen molar-refractivity contribution in [3.8, 4) is 11.1 Å². The van der Waals surface area contributed by atoms with Crippen molar-refractivity contribution in [1.82, 2.24) is 9.88 Å². The number of aromatic nitrogens is 1. The van der Waals surface area contributed by atoms with Gasteiger partial charge in [-0.1, -0.05) is 43.3 Å². The Morgan fingerprint density at radius 2 is 1.94 bits per heavy atom. The number of likely N-dealkylation sites (N-methyl/N-ethyl adjacent to an activating group) is 1. The zero-order valence-electron chi connectivity index (χ0n) is 18.4. The average molecular weight is 446 g/mol. The number of fused-ring (bicyclic) bond motifs is 1. The lowest BCUT2D eigenvalue weighted by atomic mass is 9.96. The van der Waals surface area contributed by atoms with Crippen LogP contribution in [-0.2, 0) is 11.3 Å². The number of carbonyl (C=O) groups is 1. The summed E-state index contributed by atoms with van der Waals surface area (Å²) in [5.74, 6) is -0.125. The van der Waals surface area contributed by atoms with Crippen molar-refractivity contribution < 1.29 is 9.53 Å². The average Bonchev–Trinajstić information content (AvgIpc) is 3.30. The van der Waals surface area contributed by atoms with E-state index in [1.54, 1.807) is 18.4 Å². The first kappa shape index (κ1) is 22.1. The lowest BCUT2D eigenvalue weighted by Crippen LogP contribution is -2.27. The molecule has 0 saturated heterocycles. The van der Waals surface area contributed by atoms with E-state index < -0.39 is 0 Å². The van der Waals surface area contributed by atoms with Crippen LogP contribution in [0.15, 0.2) is 72.2 Å². The van der Waals surface area contributed by atoms with Crippen molar-refractivity contribution in [1.29, 1.82) is 0 Å². The van der Waals surface area contributed by atoms with Gasteiger partial charge in [-0.05, 0) is 53.6 Å². The molecule has 4 aromatic rings. The van der Waals surface area contributed by atoms with Gasteiger partial charge in [0.2, 0.25) is 0 Å². The molecular weight excluding hydrogens is 418 g/mol. The SMILES string of the molecule is CCN(CCOC)Cc1cc(C(=O)Nc2ccc3scnc3c2)ccc1-c1ccccc1. The minimum absolute atomic E-state index is 0.125. The Balaban J connectivity index is 1.62. The molecule has 0 aliphatic carbocycles. The second-order valence-electron chi connectivity index (χ2n) is 7.59. The van der Waals surface area contributed by atoms with Crippen LogP contribution in [0, 0.1) is 0 Å². The van der Waals surface area contributed by atoms with E-state index in [1.807, 2.05) is 60.1 Å². The summed E-state index contributed by atoms with van der Waals surface area (Å²) >= 11 is 1.59. The molecular formula is C26H27N3O2S. The molecule has 0 radical (unpaired) electrons. The van der Waals surface area contributed by atoms with Gasteiger partial charge < -0.3 is 10.1 Å². The van der Waals surface area contributed by atoms with Crippen molar-refractivity contribution in [2.75, 3.05) is 32.1 Å². The third kappa shape index (κ3) is 5.22. The number of amides is 1. The third-order valence-corrected chi connectivity index (χ3v) is 6.30. The largest absolute Gasteiger partial charge is 0.383 e. The van der Waals surface area contributed by atoms with Gasteiger partial charge in [0, 0.05) is 31.5 Å². The smallest absolute Gasteiger partial charge is 0.255 e. The van der Waals surface area contributed by atoms with Crippen molar-refractivity contribution in [2.45, 2.75) is 13.5 Å². The monoisotopic (exact) mass is 445 g/mol. The molecule has 0 fully saturated rings. The van der Waals surface area contributed by atoms with E-state index >= 15 is 0 Å². The molecule has 0 unspecified atom stereocenters. The molecule has 3 aromatic carbocycles. The maximum Gasteiger partial charge on any atom is 0.255 e. The van der Waals surface area contributed by atoms with Gasteiger partial charge in [-0.25, -0.2) is 4.98 Å². The molecule has 164 valence electrons. The molecule has 0 aliphatic heterocycles. The zero-order chi connectivity index (χ0) is 22.3. The van der Waals surface area contributed by atoms with E-state index in [0.29, 0.717) is 12.2 Å². The van der Waals surface area contributed by atoms with Crippen LogP contribution in [0.3, 0.4) is 0 Å². The summed E-state index contributed by atoms with van der Waals surface area (Å²) in [4.78, 5) is 19.7. The highest BCUT2D eigenvalue weighted by molar-refractivity contribution is 7.16. The number of nitrogens with zero attached hydrogens (tertiary/aromatic N) is 2. The van der Waals surface area contributed by atoms with Gasteiger partial charge in [-0.2, -0.15) is 0 Å². The van der Waals surface area contributed by atoms with Crippen LogP contribution < -0.4 is 5.32 Å². The standard InChI is InChI=1S/C26H27N3O2S/c1-3-29(13-14-31-2)17-21-15-20(9-11-23(21)19-7-5-4-6-8-19)26(30)28-22-10-12-25-24(16-22)27-18-32-25/h4-12,15-16,18H,3,13-14,17H2,1-2H3,(H,28,30). The van der Waals surface area contributed by atoms with Crippen molar-refractivity contribution in [2.24, 2.45) is 0 Å². The number of thiazole rings is 1. The zero-order valence-corrected chi connectivity index (χ0v) is 19.2. The number of hydrogen-bond acceptors (Lipinski definition) is 5. The van der Waals surface area contributed by atoms with Crippen LogP contribution in [-0.4, -0.2) is 42.6 Å². The van der Waals surface area contributed by atoms with Crippen molar-refractivity contribution >= 4 is 33.1 Å². The highest BCUT2D eigenvalue weighted by Crippen LogP contribution is 2.27. The number of benzene rings is 3. The van der Waals surface area contributed by atoms with Gasteiger partial charge in [-0.15, -0.1) is 11.3 Å². The van der Waals surface area contributed by atoms with Gasteiger partial charge in [0.1, 0.15) is 0 Å². The normalized spacial score (nSPS) is 11.2. The molecule has 6 heteroatoms. The minimum Gasteiger partial charge on any atom is -0.383 e. The van der Waals surface area contributed by atoms with E-state index in [-0.39, 0.29) is 5.91 Å². The maximum absolute atomic E-state index is 13.1. The Kier molecular flexibility index (Phi) is 7.27. The van der Waals surface area contributed by atoms with Gasteiger partial charge in [0.15, 0.2) is 0 Å². The summed E-state index contributed by atoms with van der Waals surface area (Å²) in [5.41, 5.74) is 7.50. The van der Waals surface area contributed by atoms with E-state index in [0.717, 1.165) is 52.2 Å². The molecule has 0 bridgehead atoms. The first-order chi connectivity index (χ1) is 15.7. The lowest BCUT2D eigenvalue weighted by Gasteiger charge is -2.22. The minimum atomic E-state index is -0.125. The number of hydrogen-bond donors (Lipinski definition) is 1. The first-order valence-electron chi connectivity index (χ1n) is 10.7. The number of rotatable bonds is 9. The highest BCUT2D eigenvalue weighted by atomic mass is 32.1. The maximum atomic E-state index is 13.1. The molecule has 1 N–H and O–H groups in total. The van der Waals surface area contributed by atoms with E-state index in [4.69, 9.17) is 4.74 Å². The molecule has 1 aromatic heterocycles. The van der Waals surface area contributed by atoms with Crippen LogP contribution in [0.1, 0.15) is 22.8 Å². The second kappa shape index (κ2) is 10.5. The van der Waals surface area contributed by atoms with Crippen LogP contribution in [0.25, 0.3) is 21.3 Å². The fourth-order valence-electron chi connectivity index (χ4n) is 3.71. The summed E-state index contributed by atoms with van der Waals surface area (Å²) in [6.45, 7) is 5.31.